The lowest BCUT2D eigenvalue weighted by atomic mass is 10.1. The number of benzene rings is 2. The Bertz CT molecular complexity index is 1020. The lowest BCUT2D eigenvalue weighted by molar-refractivity contribution is 0.104. The van der Waals surface area contributed by atoms with E-state index >= 15 is 0 Å². The number of halogens is 1. The zero-order valence-electron chi connectivity index (χ0n) is 14.4. The molecule has 0 saturated heterocycles. The monoisotopic (exact) mass is 411 g/mol. The Hall–Kier alpha value is -2.86. The summed E-state index contributed by atoms with van der Waals surface area (Å²) in [7, 11) is 1.83. The molecule has 0 aliphatic carbocycles. The molecule has 1 heterocycles. The Kier molecular flexibility index (Phi) is 5.23. The first-order valence-electron chi connectivity index (χ1n) is 8.06. The highest BCUT2D eigenvalue weighted by atomic mass is 79.9. The molecule has 1 N–H and O–H groups in total. The summed E-state index contributed by atoms with van der Waals surface area (Å²) in [6.07, 6.45) is 2.92. The fourth-order valence-electron chi connectivity index (χ4n) is 2.65. The van der Waals surface area contributed by atoms with Crippen molar-refractivity contribution in [3.63, 3.8) is 0 Å². The van der Waals surface area contributed by atoms with Crippen LogP contribution < -0.4 is 10.9 Å². The molecule has 0 bridgehead atoms. The van der Waals surface area contributed by atoms with Gasteiger partial charge in [0.15, 0.2) is 5.78 Å². The van der Waals surface area contributed by atoms with Crippen LogP contribution in [-0.2, 0) is 7.05 Å². The van der Waals surface area contributed by atoms with E-state index in [0.717, 1.165) is 15.9 Å². The number of nitrogens with one attached hydrogen (secondary N) is 1. The lowest BCUT2D eigenvalue weighted by Crippen LogP contribution is -2.20. The topological polar surface area (TPSA) is 56.0 Å². The molecule has 0 amide bonds. The van der Waals surface area contributed by atoms with Crippen molar-refractivity contribution >= 4 is 27.4 Å². The second-order valence-electron chi connectivity index (χ2n) is 5.79. The fraction of sp³-hybridized carbons (Fsp3) is 0.100. The predicted octanol–water partition coefficient (Wildman–Crippen LogP) is 4.06. The lowest BCUT2D eigenvalue weighted by Gasteiger charge is -2.07. The molecule has 0 saturated carbocycles. The summed E-state index contributed by atoms with van der Waals surface area (Å²) in [5.74, 6) is -0.137. The van der Waals surface area contributed by atoms with Crippen molar-refractivity contribution in [2.45, 2.75) is 6.92 Å². The third-order valence-electron chi connectivity index (χ3n) is 4.15. The summed E-state index contributed by atoms with van der Waals surface area (Å²) in [5.41, 5.74) is 2.41. The van der Waals surface area contributed by atoms with Gasteiger partial charge in [-0.2, -0.15) is 0 Å². The third-order valence-corrected chi connectivity index (χ3v) is 4.67. The molecule has 0 aliphatic heterocycles. The van der Waals surface area contributed by atoms with E-state index in [-0.39, 0.29) is 11.3 Å². The summed E-state index contributed by atoms with van der Waals surface area (Å²) < 4.78 is 4.28. The number of rotatable bonds is 5. The van der Waals surface area contributed by atoms with Crippen LogP contribution in [0.5, 0.6) is 0 Å². The van der Waals surface area contributed by atoms with Crippen molar-refractivity contribution in [2.24, 2.45) is 7.05 Å². The molecule has 0 unspecified atom stereocenters. The summed E-state index contributed by atoms with van der Waals surface area (Å²) in [6, 6.07) is 16.5. The minimum atomic E-state index is -0.169. The Morgan fingerprint density at radius 2 is 1.73 bits per heavy atom. The minimum Gasteiger partial charge on any atom is -0.356 e. The number of hydrogen-bond acceptors (Lipinski definition) is 3. The van der Waals surface area contributed by atoms with Crippen molar-refractivity contribution < 1.29 is 4.79 Å². The number of anilines is 1. The van der Waals surface area contributed by atoms with Gasteiger partial charge in [0.1, 0.15) is 5.69 Å². The molecule has 3 rings (SSSR count). The van der Waals surface area contributed by atoms with Gasteiger partial charge in [0.05, 0.1) is 11.4 Å². The quantitative estimate of drug-likeness (QED) is 0.508. The molecule has 5 nitrogen and oxygen atoms in total. The molecule has 1 aromatic heterocycles. The van der Waals surface area contributed by atoms with Crippen LogP contribution in [0.15, 0.2) is 76.1 Å². The van der Waals surface area contributed by atoms with Crippen LogP contribution >= 0.6 is 15.9 Å². The predicted molar refractivity (Wildman–Crippen MR) is 107 cm³/mol. The minimum absolute atomic E-state index is 0.137. The van der Waals surface area contributed by atoms with Crippen LogP contribution in [-0.4, -0.2) is 15.1 Å². The molecule has 0 spiro atoms. The van der Waals surface area contributed by atoms with Gasteiger partial charge in [-0.1, -0.05) is 34.1 Å². The van der Waals surface area contributed by atoms with E-state index < -0.39 is 0 Å². The number of carbonyl (C=O) groups is 1. The van der Waals surface area contributed by atoms with Gasteiger partial charge in [-0.05, 0) is 43.3 Å². The second kappa shape index (κ2) is 7.58. The Morgan fingerprint density at radius 3 is 2.38 bits per heavy atom. The van der Waals surface area contributed by atoms with E-state index in [1.807, 2.05) is 56.4 Å². The van der Waals surface area contributed by atoms with Crippen molar-refractivity contribution in [1.82, 2.24) is 9.36 Å². The number of carbonyl (C=O) groups excluding carboxylic acids is 1. The Morgan fingerprint density at radius 1 is 1.08 bits per heavy atom. The van der Waals surface area contributed by atoms with Crippen molar-refractivity contribution in [3.05, 3.63) is 93.0 Å². The van der Waals surface area contributed by atoms with Gasteiger partial charge in [0.2, 0.25) is 0 Å². The van der Waals surface area contributed by atoms with Gasteiger partial charge in [0.25, 0.3) is 5.56 Å². The zero-order chi connectivity index (χ0) is 18.7. The molecule has 2 aromatic carbocycles. The number of hydrogen-bond donors (Lipinski definition) is 1. The molecule has 0 fully saturated rings. The summed E-state index contributed by atoms with van der Waals surface area (Å²) in [5, 5.41) is 2.96. The average molecular weight is 412 g/mol. The first kappa shape index (κ1) is 17.9. The number of ketones is 1. The first-order valence-corrected chi connectivity index (χ1v) is 8.85. The molecule has 0 aliphatic rings. The number of allylic oxidation sites excluding steroid dienone is 1. The first-order chi connectivity index (χ1) is 12.5. The maximum absolute atomic E-state index is 12.7. The van der Waals surface area contributed by atoms with Gasteiger partial charge in [-0.3, -0.25) is 14.3 Å². The highest BCUT2D eigenvalue weighted by Gasteiger charge is 2.14. The van der Waals surface area contributed by atoms with E-state index in [1.165, 1.54) is 12.3 Å². The van der Waals surface area contributed by atoms with E-state index in [1.54, 1.807) is 21.5 Å². The fourth-order valence-corrected chi connectivity index (χ4v) is 2.91. The highest BCUT2D eigenvalue weighted by Crippen LogP contribution is 2.14. The van der Waals surface area contributed by atoms with Crippen LogP contribution in [0.4, 0.5) is 5.69 Å². The molecule has 3 aromatic rings. The Labute approximate surface area is 159 Å². The number of aromatic nitrogens is 2. The van der Waals surface area contributed by atoms with E-state index in [0.29, 0.717) is 11.3 Å². The number of nitrogens with zero attached hydrogens (tertiary/aromatic N) is 2. The molecule has 132 valence electrons. The van der Waals surface area contributed by atoms with Crippen LogP contribution in [0, 0.1) is 6.92 Å². The summed E-state index contributed by atoms with van der Waals surface area (Å²) >= 11 is 3.34. The molecule has 6 heteroatoms. The van der Waals surface area contributed by atoms with Gasteiger partial charge >= 0.3 is 0 Å². The summed E-state index contributed by atoms with van der Waals surface area (Å²) in [4.78, 5) is 24.9. The molecule has 0 atom stereocenters. The van der Waals surface area contributed by atoms with Gasteiger partial charge in [0, 0.05) is 29.4 Å². The van der Waals surface area contributed by atoms with Crippen LogP contribution in [0.3, 0.4) is 0 Å². The SMILES string of the molecule is Cc1c(NC=CC(=O)c2ccc(Br)cc2)c(=O)n(-c2ccccc2)n1C. The van der Waals surface area contributed by atoms with Crippen molar-refractivity contribution in [1.29, 1.82) is 0 Å². The van der Waals surface area contributed by atoms with Gasteiger partial charge in [-0.25, -0.2) is 4.68 Å². The van der Waals surface area contributed by atoms with E-state index in [4.69, 9.17) is 0 Å². The zero-order valence-corrected chi connectivity index (χ0v) is 16.0. The molecular formula is C20H18BrN3O2. The van der Waals surface area contributed by atoms with Gasteiger partial charge < -0.3 is 5.32 Å². The maximum atomic E-state index is 12.7. The highest BCUT2D eigenvalue weighted by molar-refractivity contribution is 9.10. The largest absolute Gasteiger partial charge is 0.356 e. The Balaban J connectivity index is 1.84. The normalized spacial score (nSPS) is 11.0. The van der Waals surface area contributed by atoms with E-state index in [2.05, 4.69) is 21.2 Å². The molecular weight excluding hydrogens is 394 g/mol. The van der Waals surface area contributed by atoms with Gasteiger partial charge in [-0.15, -0.1) is 0 Å². The van der Waals surface area contributed by atoms with Crippen molar-refractivity contribution in [3.8, 4) is 5.69 Å². The maximum Gasteiger partial charge on any atom is 0.295 e. The number of para-hydroxylation sites is 1. The van der Waals surface area contributed by atoms with Crippen LogP contribution in [0.2, 0.25) is 0 Å². The van der Waals surface area contributed by atoms with Crippen molar-refractivity contribution in [2.75, 3.05) is 5.32 Å². The van der Waals surface area contributed by atoms with Crippen LogP contribution in [0.1, 0.15) is 16.1 Å². The van der Waals surface area contributed by atoms with Crippen LogP contribution in [0.25, 0.3) is 5.69 Å². The average Bonchev–Trinajstić information content (AvgIpc) is 2.86. The third kappa shape index (κ3) is 3.55. The molecule has 26 heavy (non-hydrogen) atoms. The second-order valence-corrected chi connectivity index (χ2v) is 6.70. The smallest absolute Gasteiger partial charge is 0.295 e. The van der Waals surface area contributed by atoms with E-state index in [9.17, 15) is 9.59 Å². The standard InChI is InChI=1S/C20H18BrN3O2/c1-14-19(20(26)24(23(14)2)17-6-4-3-5-7-17)22-13-12-18(25)15-8-10-16(21)11-9-15/h3-13,22H,1-2H3. The molecule has 0 radical (unpaired) electrons. The summed E-state index contributed by atoms with van der Waals surface area (Å²) in [6.45, 7) is 1.85.